The molecule has 0 saturated heterocycles. The summed E-state index contributed by atoms with van der Waals surface area (Å²) in [6.07, 6.45) is -21.6. The fourth-order valence-electron chi connectivity index (χ4n) is 2.46. The van der Waals surface area contributed by atoms with Gasteiger partial charge in [0, 0.05) is 0 Å². The Bertz CT molecular complexity index is 854. The molecule has 0 aliphatic heterocycles. The van der Waals surface area contributed by atoms with Gasteiger partial charge in [-0.1, -0.05) is 0 Å². The van der Waals surface area contributed by atoms with Crippen LogP contribution in [0.25, 0.3) is 0 Å². The van der Waals surface area contributed by atoms with E-state index in [1.54, 1.807) is 0 Å². The van der Waals surface area contributed by atoms with Gasteiger partial charge in [-0.3, -0.25) is 13.6 Å². The number of halogens is 21. The number of rotatable bonds is 12. The Labute approximate surface area is 228 Å². The summed E-state index contributed by atoms with van der Waals surface area (Å²) in [6.45, 7) is -3.17. The van der Waals surface area contributed by atoms with Gasteiger partial charge in [0.05, 0.1) is 0 Å². The Kier molecular flexibility index (Phi) is 10.7. The normalized spacial score (nSPS) is 16.7. The van der Waals surface area contributed by atoms with Crippen LogP contribution in [0, 0.1) is 0 Å². The molecule has 0 spiro atoms. The molecule has 0 radical (unpaired) electrons. The van der Waals surface area contributed by atoms with Crippen LogP contribution >= 0.6 is 8.60 Å². The molecule has 3 nitrogen and oxygen atoms in total. The molecule has 43 heavy (non-hydrogen) atoms. The average Bonchev–Trinajstić information content (AvgIpc) is 2.69. The maximum Gasteiger partial charge on any atom is 0.459 e. The van der Waals surface area contributed by atoms with Crippen molar-refractivity contribution in [1.82, 2.24) is 0 Å². The van der Waals surface area contributed by atoms with E-state index in [9.17, 15) is 92.2 Å². The molecule has 0 atom stereocenters. The molecular formula is C18H18F21O3P. The smallest absolute Gasteiger partial charge is 0.299 e. The summed E-state index contributed by atoms with van der Waals surface area (Å²) < 4.78 is 292. The van der Waals surface area contributed by atoms with Gasteiger partial charge in [0.1, 0.15) is 16.8 Å². The van der Waals surface area contributed by atoms with E-state index < -0.39 is 121 Å². The molecular weight excluding hydrogens is 694 g/mol. The molecule has 0 aromatic heterocycles. The van der Waals surface area contributed by atoms with Gasteiger partial charge in [-0.15, -0.1) is 0 Å². The molecule has 0 aromatic carbocycles. The first-order valence-corrected chi connectivity index (χ1v) is 11.5. The topological polar surface area (TPSA) is 27.7 Å². The molecule has 0 rings (SSSR count). The van der Waals surface area contributed by atoms with E-state index in [0.29, 0.717) is 0 Å². The zero-order valence-electron chi connectivity index (χ0n) is 21.6. The van der Waals surface area contributed by atoms with Crippen molar-refractivity contribution in [2.75, 3.05) is 0 Å². The Morgan fingerprint density at radius 1 is 0.279 bits per heavy atom. The highest BCUT2D eigenvalue weighted by Gasteiger charge is 2.82. The summed E-state index contributed by atoms with van der Waals surface area (Å²) in [4.78, 5) is 0. The molecule has 0 bridgehead atoms. The standard InChI is InChI=1S/C18H18F21O3P/c1-7(2,10(19,20)13(25,26)16(31,32)33)40-43(41-8(3,4)11(21,22)14(27,28)17(34,35)36)42-9(5,6)12(23,24)15(29,30)18(37,38)39/h1-6H3. The largest absolute Gasteiger partial charge is 0.459 e. The number of hydrogen-bond acceptors (Lipinski definition) is 3. The Morgan fingerprint density at radius 3 is 0.535 bits per heavy atom. The van der Waals surface area contributed by atoms with Gasteiger partial charge in [-0.2, -0.15) is 92.2 Å². The maximum absolute atomic E-state index is 14.3. The quantitative estimate of drug-likeness (QED) is 0.149. The second kappa shape index (κ2) is 11.0. The van der Waals surface area contributed by atoms with Crippen molar-refractivity contribution < 1.29 is 106 Å². The first kappa shape index (κ1) is 41.8. The van der Waals surface area contributed by atoms with Crippen LogP contribution < -0.4 is 0 Å². The van der Waals surface area contributed by atoms with E-state index >= 15 is 0 Å². The summed E-state index contributed by atoms with van der Waals surface area (Å²) in [7, 11) is -5.31. The molecule has 0 saturated carbocycles. The van der Waals surface area contributed by atoms with Crippen LogP contribution in [0.2, 0.25) is 0 Å². The van der Waals surface area contributed by atoms with Crippen LogP contribution in [0.3, 0.4) is 0 Å². The summed E-state index contributed by atoms with van der Waals surface area (Å²) in [6, 6.07) is 0. The Balaban J connectivity index is 7.23. The molecule has 0 fully saturated rings. The minimum atomic E-state index is -7.21. The Hall–Kier alpha value is -1.16. The third kappa shape index (κ3) is 6.85. The number of hydrogen-bond donors (Lipinski definition) is 0. The van der Waals surface area contributed by atoms with Gasteiger partial charge in [0.15, 0.2) is 0 Å². The fraction of sp³-hybridized carbons (Fsp3) is 1.00. The molecule has 260 valence electrons. The monoisotopic (exact) mass is 712 g/mol. The van der Waals surface area contributed by atoms with Crippen LogP contribution in [0.4, 0.5) is 92.2 Å². The van der Waals surface area contributed by atoms with Crippen molar-refractivity contribution in [3.8, 4) is 0 Å². The first-order chi connectivity index (χ1) is 18.0. The predicted octanol–water partition coefficient (Wildman–Crippen LogP) is 10.1. The van der Waals surface area contributed by atoms with Crippen LogP contribution in [0.5, 0.6) is 0 Å². The molecule has 0 aromatic rings. The van der Waals surface area contributed by atoms with E-state index in [-0.39, 0.29) is 0 Å². The lowest BCUT2D eigenvalue weighted by atomic mass is 9.94. The van der Waals surface area contributed by atoms with Crippen LogP contribution in [-0.2, 0) is 13.6 Å². The highest BCUT2D eigenvalue weighted by atomic mass is 31.2. The van der Waals surface area contributed by atoms with E-state index in [4.69, 9.17) is 0 Å². The lowest BCUT2D eigenvalue weighted by Crippen LogP contribution is -2.64. The zero-order chi connectivity index (χ0) is 35.7. The van der Waals surface area contributed by atoms with Crippen LogP contribution in [0.1, 0.15) is 41.5 Å². The maximum atomic E-state index is 14.3. The Morgan fingerprint density at radius 2 is 0.419 bits per heavy atom. The SMILES string of the molecule is CC(C)(OP(OC(C)(C)C(F)(F)C(F)(F)C(F)(F)F)OC(C)(C)C(F)(F)C(F)(F)C(F)(F)F)C(F)(F)C(F)(F)C(F)(F)F. The van der Waals surface area contributed by atoms with Gasteiger partial charge in [0.25, 0.3) is 0 Å². The summed E-state index contributed by atoms with van der Waals surface area (Å²) in [5.41, 5.74) is -14.0. The second-order valence-corrected chi connectivity index (χ2v) is 11.0. The first-order valence-electron chi connectivity index (χ1n) is 10.4. The van der Waals surface area contributed by atoms with E-state index in [1.165, 1.54) is 0 Å². The lowest BCUT2D eigenvalue weighted by molar-refractivity contribution is -0.389. The van der Waals surface area contributed by atoms with Crippen molar-refractivity contribution in [3.63, 3.8) is 0 Å². The lowest BCUT2D eigenvalue weighted by Gasteiger charge is -2.45. The highest BCUT2D eigenvalue weighted by molar-refractivity contribution is 7.41. The minimum Gasteiger partial charge on any atom is -0.299 e. The molecule has 0 heterocycles. The molecule has 0 N–H and O–H groups in total. The fourth-order valence-corrected chi connectivity index (χ4v) is 4.03. The third-order valence-electron chi connectivity index (χ3n) is 5.43. The molecule has 0 unspecified atom stereocenters. The van der Waals surface area contributed by atoms with Crippen LogP contribution in [0.15, 0.2) is 0 Å². The van der Waals surface area contributed by atoms with Crippen molar-refractivity contribution in [2.45, 2.75) is 112 Å². The van der Waals surface area contributed by atoms with Gasteiger partial charge in [-0.25, -0.2) is 0 Å². The van der Waals surface area contributed by atoms with Gasteiger partial charge in [0.2, 0.25) is 0 Å². The zero-order valence-corrected chi connectivity index (χ0v) is 22.5. The van der Waals surface area contributed by atoms with Gasteiger partial charge >= 0.3 is 62.7 Å². The van der Waals surface area contributed by atoms with E-state index in [0.717, 1.165) is 0 Å². The van der Waals surface area contributed by atoms with Crippen molar-refractivity contribution >= 4 is 8.60 Å². The van der Waals surface area contributed by atoms with Crippen LogP contribution in [-0.4, -0.2) is 70.9 Å². The van der Waals surface area contributed by atoms with Crippen molar-refractivity contribution in [2.24, 2.45) is 0 Å². The molecule has 0 aliphatic carbocycles. The van der Waals surface area contributed by atoms with Gasteiger partial charge < -0.3 is 0 Å². The highest BCUT2D eigenvalue weighted by Crippen LogP contribution is 2.63. The second-order valence-electron chi connectivity index (χ2n) is 9.97. The molecule has 0 amide bonds. The predicted molar refractivity (Wildman–Crippen MR) is 100 cm³/mol. The number of alkyl halides is 21. The average molecular weight is 712 g/mol. The van der Waals surface area contributed by atoms with E-state index in [2.05, 4.69) is 13.6 Å². The van der Waals surface area contributed by atoms with Crippen molar-refractivity contribution in [3.05, 3.63) is 0 Å². The molecule has 0 aliphatic rings. The summed E-state index contributed by atoms with van der Waals surface area (Å²) in [5.74, 6) is -41.7. The third-order valence-corrected chi connectivity index (χ3v) is 7.24. The summed E-state index contributed by atoms with van der Waals surface area (Å²) >= 11 is 0. The summed E-state index contributed by atoms with van der Waals surface area (Å²) in [5, 5.41) is 0. The molecule has 25 heteroatoms. The van der Waals surface area contributed by atoms with Gasteiger partial charge in [-0.05, 0) is 41.5 Å². The minimum absolute atomic E-state index is 0.528. The van der Waals surface area contributed by atoms with E-state index in [1.807, 2.05) is 0 Å². The van der Waals surface area contributed by atoms with Crippen molar-refractivity contribution in [1.29, 1.82) is 0 Å².